The fourth-order valence-electron chi connectivity index (χ4n) is 2.99. The number of carboxylic acids is 1. The first-order chi connectivity index (χ1) is 14.5. The van der Waals surface area contributed by atoms with Crippen molar-refractivity contribution < 1.29 is 14.7 Å². The molecule has 0 unspecified atom stereocenters. The molecule has 0 spiro atoms. The Bertz CT molecular complexity index is 1050. The zero-order chi connectivity index (χ0) is 21.3. The number of aromatic nitrogens is 1. The number of amides is 1. The third-order valence-corrected chi connectivity index (χ3v) is 4.71. The van der Waals surface area contributed by atoms with E-state index in [2.05, 4.69) is 10.3 Å². The molecule has 0 atom stereocenters. The molecule has 6 heteroatoms. The Morgan fingerprint density at radius 2 is 1.77 bits per heavy atom. The predicted octanol–water partition coefficient (Wildman–Crippen LogP) is 5.67. The summed E-state index contributed by atoms with van der Waals surface area (Å²) < 4.78 is 0. The van der Waals surface area contributed by atoms with E-state index < -0.39 is 5.97 Å². The lowest BCUT2D eigenvalue weighted by Crippen LogP contribution is -2.11. The van der Waals surface area contributed by atoms with Crippen molar-refractivity contribution in [2.45, 2.75) is 19.3 Å². The van der Waals surface area contributed by atoms with E-state index in [4.69, 9.17) is 16.7 Å². The average molecular weight is 421 g/mol. The summed E-state index contributed by atoms with van der Waals surface area (Å²) in [6.07, 6.45) is 6.77. The lowest BCUT2D eigenvalue weighted by Gasteiger charge is -2.11. The van der Waals surface area contributed by atoms with Crippen LogP contribution in [0.5, 0.6) is 0 Å². The molecule has 152 valence electrons. The van der Waals surface area contributed by atoms with Crippen LogP contribution in [-0.4, -0.2) is 22.0 Å². The molecule has 3 rings (SSSR count). The van der Waals surface area contributed by atoms with Crippen LogP contribution in [0.15, 0.2) is 79.1 Å². The summed E-state index contributed by atoms with van der Waals surface area (Å²) in [5, 5.41) is 12.3. The predicted molar refractivity (Wildman–Crippen MR) is 119 cm³/mol. The standard InChI is InChI=1S/C24H21ClN2O3/c25-20-12-10-17(11-13-20)24(30)27-21-7-3-5-18(15-21)22(8-1-2-9-23(28)29)19-6-4-14-26-16-19/h3-8,10-16H,1-2,9H2,(H,27,30)(H,28,29)/b22-8-. The molecule has 2 N–H and O–H groups in total. The lowest BCUT2D eigenvalue weighted by atomic mass is 9.97. The monoisotopic (exact) mass is 420 g/mol. The lowest BCUT2D eigenvalue weighted by molar-refractivity contribution is -0.137. The van der Waals surface area contributed by atoms with Crippen molar-refractivity contribution >= 4 is 34.7 Å². The maximum Gasteiger partial charge on any atom is 0.303 e. The van der Waals surface area contributed by atoms with Crippen LogP contribution in [0.4, 0.5) is 5.69 Å². The molecule has 5 nitrogen and oxygen atoms in total. The topological polar surface area (TPSA) is 79.3 Å². The summed E-state index contributed by atoms with van der Waals surface area (Å²) in [4.78, 5) is 27.5. The summed E-state index contributed by atoms with van der Waals surface area (Å²) in [7, 11) is 0. The van der Waals surface area contributed by atoms with Gasteiger partial charge in [0, 0.05) is 40.7 Å². The summed E-state index contributed by atoms with van der Waals surface area (Å²) in [6, 6.07) is 18.0. The first-order valence-electron chi connectivity index (χ1n) is 9.52. The number of hydrogen-bond acceptors (Lipinski definition) is 3. The second kappa shape index (κ2) is 10.4. The largest absolute Gasteiger partial charge is 0.481 e. The first kappa shape index (κ1) is 21.3. The van der Waals surface area contributed by atoms with Gasteiger partial charge in [0.2, 0.25) is 0 Å². The van der Waals surface area contributed by atoms with Gasteiger partial charge in [0.05, 0.1) is 0 Å². The van der Waals surface area contributed by atoms with E-state index in [1.165, 1.54) is 0 Å². The average Bonchev–Trinajstić information content (AvgIpc) is 2.75. The van der Waals surface area contributed by atoms with Crippen LogP contribution in [0.3, 0.4) is 0 Å². The number of allylic oxidation sites excluding steroid dienone is 1. The molecule has 3 aromatic rings. The second-order valence-corrected chi connectivity index (χ2v) is 7.12. The number of pyridine rings is 1. The molecule has 0 aliphatic carbocycles. The van der Waals surface area contributed by atoms with Gasteiger partial charge in [-0.25, -0.2) is 0 Å². The van der Waals surface area contributed by atoms with Crippen molar-refractivity contribution in [1.29, 1.82) is 0 Å². The molecule has 0 aliphatic rings. The summed E-state index contributed by atoms with van der Waals surface area (Å²) >= 11 is 5.88. The van der Waals surface area contributed by atoms with Crippen molar-refractivity contribution in [2.24, 2.45) is 0 Å². The molecule has 2 aromatic carbocycles. The van der Waals surface area contributed by atoms with Gasteiger partial charge in [0.1, 0.15) is 0 Å². The number of nitrogens with one attached hydrogen (secondary N) is 1. The number of carbonyl (C=O) groups excluding carboxylic acids is 1. The minimum absolute atomic E-state index is 0.119. The number of carbonyl (C=O) groups is 2. The number of carboxylic acid groups (broad SMARTS) is 1. The van der Waals surface area contributed by atoms with Crippen molar-refractivity contribution in [3.05, 3.63) is 101 Å². The highest BCUT2D eigenvalue weighted by Crippen LogP contribution is 2.26. The van der Waals surface area contributed by atoms with E-state index in [1.54, 1.807) is 36.7 Å². The highest BCUT2D eigenvalue weighted by Gasteiger charge is 2.09. The van der Waals surface area contributed by atoms with Gasteiger partial charge >= 0.3 is 5.97 Å². The fraction of sp³-hybridized carbons (Fsp3) is 0.125. The molecule has 1 amide bonds. The van der Waals surface area contributed by atoms with Crippen LogP contribution in [0.1, 0.15) is 40.7 Å². The Hall–Kier alpha value is -3.44. The summed E-state index contributed by atoms with van der Waals surface area (Å²) in [6.45, 7) is 0. The molecule has 0 radical (unpaired) electrons. The van der Waals surface area contributed by atoms with Crippen molar-refractivity contribution in [3.63, 3.8) is 0 Å². The minimum atomic E-state index is -0.807. The molecular weight excluding hydrogens is 400 g/mol. The third-order valence-electron chi connectivity index (χ3n) is 4.45. The van der Waals surface area contributed by atoms with Gasteiger partial charge in [-0.3, -0.25) is 14.6 Å². The Morgan fingerprint density at radius 1 is 1.00 bits per heavy atom. The quantitative estimate of drug-likeness (QED) is 0.460. The van der Waals surface area contributed by atoms with Crippen LogP contribution in [-0.2, 0) is 4.79 Å². The van der Waals surface area contributed by atoms with E-state index >= 15 is 0 Å². The Labute approximate surface area is 180 Å². The van der Waals surface area contributed by atoms with Gasteiger partial charge in [-0.05, 0) is 66.4 Å². The van der Waals surface area contributed by atoms with Gasteiger partial charge < -0.3 is 10.4 Å². The number of benzene rings is 2. The van der Waals surface area contributed by atoms with E-state index in [0.29, 0.717) is 29.1 Å². The molecule has 0 saturated heterocycles. The van der Waals surface area contributed by atoms with Crippen molar-refractivity contribution in [2.75, 3.05) is 5.32 Å². The number of anilines is 1. The van der Waals surface area contributed by atoms with Crippen molar-refractivity contribution in [3.8, 4) is 0 Å². The SMILES string of the molecule is O=C(O)CCC/C=C(\c1cccnc1)c1cccc(NC(=O)c2ccc(Cl)cc2)c1. The van der Waals surface area contributed by atoms with Crippen LogP contribution in [0.2, 0.25) is 5.02 Å². The number of halogens is 1. The van der Waals surface area contributed by atoms with Gasteiger partial charge in [-0.2, -0.15) is 0 Å². The normalized spacial score (nSPS) is 11.2. The van der Waals surface area contributed by atoms with Crippen molar-refractivity contribution in [1.82, 2.24) is 4.98 Å². The third kappa shape index (κ3) is 6.03. The number of nitrogens with zero attached hydrogens (tertiary/aromatic N) is 1. The zero-order valence-corrected chi connectivity index (χ0v) is 17.0. The van der Waals surface area contributed by atoms with Crippen LogP contribution >= 0.6 is 11.6 Å². The van der Waals surface area contributed by atoms with E-state index in [0.717, 1.165) is 16.7 Å². The first-order valence-corrected chi connectivity index (χ1v) is 9.90. The van der Waals surface area contributed by atoms with Crippen LogP contribution in [0.25, 0.3) is 5.57 Å². The summed E-state index contributed by atoms with van der Waals surface area (Å²) in [5.41, 5.74) is 3.95. The highest BCUT2D eigenvalue weighted by atomic mass is 35.5. The number of unbranched alkanes of at least 4 members (excludes halogenated alkanes) is 1. The Kier molecular flexibility index (Phi) is 7.35. The number of hydrogen-bond donors (Lipinski definition) is 2. The van der Waals surface area contributed by atoms with Gasteiger partial charge in [0.25, 0.3) is 5.91 Å². The van der Waals surface area contributed by atoms with Crippen LogP contribution < -0.4 is 5.32 Å². The maximum atomic E-state index is 12.5. The second-order valence-electron chi connectivity index (χ2n) is 6.69. The Morgan fingerprint density at radius 3 is 2.47 bits per heavy atom. The summed E-state index contributed by atoms with van der Waals surface area (Å²) in [5.74, 6) is -1.03. The van der Waals surface area contributed by atoms with Crippen LogP contribution in [0, 0.1) is 0 Å². The van der Waals surface area contributed by atoms with Gasteiger partial charge in [-0.1, -0.05) is 35.9 Å². The molecule has 30 heavy (non-hydrogen) atoms. The van der Waals surface area contributed by atoms with Gasteiger partial charge in [0.15, 0.2) is 0 Å². The highest BCUT2D eigenvalue weighted by molar-refractivity contribution is 6.30. The molecule has 0 bridgehead atoms. The molecule has 1 aromatic heterocycles. The maximum absolute atomic E-state index is 12.5. The van der Waals surface area contributed by atoms with E-state index in [1.807, 2.05) is 42.5 Å². The fourth-order valence-corrected chi connectivity index (χ4v) is 3.12. The zero-order valence-electron chi connectivity index (χ0n) is 16.2. The number of rotatable bonds is 8. The molecule has 1 heterocycles. The Balaban J connectivity index is 1.83. The van der Waals surface area contributed by atoms with E-state index in [9.17, 15) is 9.59 Å². The molecular formula is C24H21ClN2O3. The smallest absolute Gasteiger partial charge is 0.303 e. The molecule has 0 saturated carbocycles. The molecule has 0 fully saturated rings. The number of aliphatic carboxylic acids is 1. The minimum Gasteiger partial charge on any atom is -0.481 e. The van der Waals surface area contributed by atoms with Gasteiger partial charge in [-0.15, -0.1) is 0 Å². The van der Waals surface area contributed by atoms with E-state index in [-0.39, 0.29) is 12.3 Å². The molecule has 0 aliphatic heterocycles.